The van der Waals surface area contributed by atoms with E-state index in [-0.39, 0.29) is 11.3 Å². The Labute approximate surface area is 137 Å². The zero-order valence-corrected chi connectivity index (χ0v) is 14.0. The van der Waals surface area contributed by atoms with Crippen LogP contribution in [0.5, 0.6) is 0 Å². The van der Waals surface area contributed by atoms with Crippen LogP contribution in [0.25, 0.3) is 10.9 Å². The molecule has 0 bridgehead atoms. The summed E-state index contributed by atoms with van der Waals surface area (Å²) in [5.74, 6) is 0.429. The molecule has 0 aliphatic carbocycles. The maximum absolute atomic E-state index is 13.3. The fourth-order valence-corrected chi connectivity index (χ4v) is 5.87. The second kappa shape index (κ2) is 4.47. The predicted octanol–water partition coefficient (Wildman–Crippen LogP) is 4.02. The first-order chi connectivity index (χ1) is 11.2. The third kappa shape index (κ3) is 1.47. The molecule has 0 saturated carbocycles. The molecule has 1 aromatic heterocycles. The van der Waals surface area contributed by atoms with E-state index < -0.39 is 0 Å². The van der Waals surface area contributed by atoms with Crippen LogP contribution >= 0.6 is 0 Å². The fourth-order valence-electron chi connectivity index (χ4n) is 5.87. The average Bonchev–Trinajstić information content (AvgIpc) is 2.94. The molecule has 23 heavy (non-hydrogen) atoms. The molecule has 0 radical (unpaired) electrons. The summed E-state index contributed by atoms with van der Waals surface area (Å²) in [6.07, 6.45) is 4.61. The Hall–Kier alpha value is -1.61. The third-order valence-corrected chi connectivity index (χ3v) is 7.04. The van der Waals surface area contributed by atoms with Gasteiger partial charge in [-0.25, -0.2) is 0 Å². The lowest BCUT2D eigenvalue weighted by molar-refractivity contribution is -0.0451. The number of aromatic nitrogens is 1. The van der Waals surface area contributed by atoms with Crippen LogP contribution < -0.4 is 0 Å². The van der Waals surface area contributed by atoms with Gasteiger partial charge in [-0.2, -0.15) is 0 Å². The smallest absolute Gasteiger partial charge is 0.234 e. The Bertz CT molecular complexity index is 820. The molecule has 0 amide bonds. The number of carbonyl (C=O) groups is 1. The number of rotatable bonds is 1. The number of hydrogen-bond acceptors (Lipinski definition) is 2. The van der Waals surface area contributed by atoms with Gasteiger partial charge in [0, 0.05) is 29.0 Å². The van der Waals surface area contributed by atoms with Crippen LogP contribution in [-0.2, 0) is 6.42 Å². The molecule has 3 heteroatoms. The van der Waals surface area contributed by atoms with Crippen molar-refractivity contribution in [3.05, 3.63) is 35.5 Å². The molecule has 3 atom stereocenters. The van der Waals surface area contributed by atoms with E-state index in [0.29, 0.717) is 11.9 Å². The quantitative estimate of drug-likeness (QED) is 0.795. The molecule has 0 N–H and O–H groups in total. The number of para-hydroxylation sites is 1. The van der Waals surface area contributed by atoms with E-state index in [4.69, 9.17) is 0 Å². The van der Waals surface area contributed by atoms with Gasteiger partial charge in [0.1, 0.15) is 0 Å². The minimum atomic E-state index is 0.106. The first-order valence-electron chi connectivity index (χ1n) is 9.09. The summed E-state index contributed by atoms with van der Waals surface area (Å²) in [6, 6.07) is 8.95. The van der Waals surface area contributed by atoms with Crippen molar-refractivity contribution in [1.82, 2.24) is 9.47 Å². The van der Waals surface area contributed by atoms with Gasteiger partial charge >= 0.3 is 0 Å². The highest BCUT2D eigenvalue weighted by atomic mass is 16.2. The summed E-state index contributed by atoms with van der Waals surface area (Å²) in [6.45, 7) is 6.81. The van der Waals surface area contributed by atoms with E-state index in [0.717, 1.165) is 24.9 Å². The first kappa shape index (κ1) is 13.8. The van der Waals surface area contributed by atoms with Crippen LogP contribution in [0.4, 0.5) is 0 Å². The number of benzene rings is 1. The van der Waals surface area contributed by atoms with E-state index in [1.54, 1.807) is 0 Å². The van der Waals surface area contributed by atoms with Crippen molar-refractivity contribution < 1.29 is 4.79 Å². The minimum absolute atomic E-state index is 0.106. The third-order valence-electron chi connectivity index (χ3n) is 7.04. The molecule has 4 heterocycles. The van der Waals surface area contributed by atoms with Gasteiger partial charge in [-0.1, -0.05) is 32.0 Å². The Kier molecular flexibility index (Phi) is 2.68. The van der Waals surface area contributed by atoms with Crippen molar-refractivity contribution in [2.45, 2.75) is 45.6 Å². The summed E-state index contributed by atoms with van der Waals surface area (Å²) < 4.78 is 2.09. The van der Waals surface area contributed by atoms with Gasteiger partial charge in [0.15, 0.2) is 0 Å². The van der Waals surface area contributed by atoms with Crippen molar-refractivity contribution in [3.8, 4) is 0 Å². The molecule has 3 aliphatic heterocycles. The summed E-state index contributed by atoms with van der Waals surface area (Å²) in [5, 5.41) is 1.31. The van der Waals surface area contributed by atoms with Crippen LogP contribution in [0.3, 0.4) is 0 Å². The lowest BCUT2D eigenvalue weighted by Crippen LogP contribution is -2.57. The number of carbonyl (C=O) groups excluding carboxylic acids is 1. The number of piperidine rings is 1. The fraction of sp³-hybridized carbons (Fsp3) is 0.550. The van der Waals surface area contributed by atoms with Crippen LogP contribution in [0.2, 0.25) is 0 Å². The highest BCUT2D eigenvalue weighted by molar-refractivity contribution is 5.98. The van der Waals surface area contributed by atoms with Gasteiger partial charge in [0.05, 0.1) is 11.6 Å². The number of fused-ring (bicyclic) bond motifs is 3. The summed E-state index contributed by atoms with van der Waals surface area (Å²) in [4.78, 5) is 16.0. The molecule has 5 rings (SSSR count). The van der Waals surface area contributed by atoms with Gasteiger partial charge in [-0.05, 0) is 43.9 Å². The van der Waals surface area contributed by atoms with E-state index in [9.17, 15) is 4.79 Å². The Morgan fingerprint density at radius 3 is 2.91 bits per heavy atom. The minimum Gasteiger partial charge on any atom is -0.294 e. The molecule has 120 valence electrons. The van der Waals surface area contributed by atoms with Gasteiger partial charge in [-0.3, -0.25) is 14.3 Å². The molecular weight excluding hydrogens is 284 g/mol. The molecule has 0 spiro atoms. The zero-order chi connectivity index (χ0) is 15.8. The topological polar surface area (TPSA) is 25.2 Å². The van der Waals surface area contributed by atoms with Crippen molar-refractivity contribution in [2.75, 3.05) is 13.1 Å². The maximum atomic E-state index is 13.3. The van der Waals surface area contributed by atoms with E-state index in [2.05, 4.69) is 47.6 Å². The largest absolute Gasteiger partial charge is 0.294 e. The lowest BCUT2D eigenvalue weighted by Gasteiger charge is -2.57. The van der Waals surface area contributed by atoms with Crippen LogP contribution in [-0.4, -0.2) is 28.5 Å². The molecule has 3 nitrogen and oxygen atoms in total. The second-order valence-corrected chi connectivity index (χ2v) is 7.66. The van der Waals surface area contributed by atoms with E-state index >= 15 is 0 Å². The van der Waals surface area contributed by atoms with E-state index in [1.807, 2.05) is 0 Å². The Morgan fingerprint density at radius 1 is 1.26 bits per heavy atom. The lowest BCUT2D eigenvalue weighted by atomic mass is 9.59. The van der Waals surface area contributed by atoms with Crippen molar-refractivity contribution in [2.24, 2.45) is 11.3 Å². The highest BCUT2D eigenvalue weighted by Gasteiger charge is 2.56. The van der Waals surface area contributed by atoms with Gasteiger partial charge in [0.25, 0.3) is 0 Å². The number of hydrogen-bond donors (Lipinski definition) is 0. The summed E-state index contributed by atoms with van der Waals surface area (Å²) in [7, 11) is 0. The monoisotopic (exact) mass is 308 g/mol. The molecular formula is C20H24N2O. The molecule has 3 aliphatic rings. The van der Waals surface area contributed by atoms with Gasteiger partial charge < -0.3 is 0 Å². The standard InChI is InChI=1S/C20H24N2O/c1-3-20-10-6-11-21-12-9-15-14-7-4-5-8-16(14)22(17(15)18(20)21)19(23)13(20)2/h4-5,7-8,13,18H,3,6,9-12H2,1-2H3/t13-,18+,20-/m0/s1. The van der Waals surface area contributed by atoms with Crippen LogP contribution in [0.15, 0.2) is 24.3 Å². The SMILES string of the molecule is CC[C@]12CCCN3CCc4c(n(c5ccccc45)C(=O)[C@@H]1C)[C@@H]32. The molecule has 1 fully saturated rings. The van der Waals surface area contributed by atoms with Gasteiger partial charge in [-0.15, -0.1) is 0 Å². The highest BCUT2D eigenvalue weighted by Crippen LogP contribution is 2.59. The average molecular weight is 308 g/mol. The first-order valence-corrected chi connectivity index (χ1v) is 9.09. The predicted molar refractivity (Wildman–Crippen MR) is 91.7 cm³/mol. The van der Waals surface area contributed by atoms with Gasteiger partial charge in [0.2, 0.25) is 5.91 Å². The zero-order valence-electron chi connectivity index (χ0n) is 14.0. The van der Waals surface area contributed by atoms with Crippen molar-refractivity contribution in [3.63, 3.8) is 0 Å². The Balaban J connectivity index is 1.90. The molecule has 0 unspecified atom stereocenters. The van der Waals surface area contributed by atoms with Crippen LogP contribution in [0, 0.1) is 11.3 Å². The summed E-state index contributed by atoms with van der Waals surface area (Å²) in [5.41, 5.74) is 4.05. The molecule has 1 aromatic carbocycles. The van der Waals surface area contributed by atoms with Crippen LogP contribution in [0.1, 0.15) is 55.2 Å². The molecule has 2 aromatic rings. The van der Waals surface area contributed by atoms with Crippen molar-refractivity contribution >= 4 is 16.8 Å². The van der Waals surface area contributed by atoms with Crippen molar-refractivity contribution in [1.29, 1.82) is 0 Å². The normalized spacial score (nSPS) is 33.0. The maximum Gasteiger partial charge on any atom is 0.234 e. The second-order valence-electron chi connectivity index (χ2n) is 7.66. The van der Waals surface area contributed by atoms with E-state index in [1.165, 1.54) is 36.0 Å². The number of nitrogens with zero attached hydrogens (tertiary/aromatic N) is 2. The Morgan fingerprint density at radius 2 is 2.09 bits per heavy atom. The summed E-state index contributed by atoms with van der Waals surface area (Å²) >= 11 is 0. The molecule has 1 saturated heterocycles.